The Labute approximate surface area is 124 Å². The van der Waals surface area contributed by atoms with Crippen LogP contribution in [-0.4, -0.2) is 29.0 Å². The minimum Gasteiger partial charge on any atom is -0.496 e. The standard InChI is InChI=1S/C16H19N3O2/c1-12(9-14-11-17-7-8-18-14)19-16(20)10-13-5-3-4-6-15(13)21-2/h3-8,11-12H,9-10H2,1-2H3,(H,19,20). The summed E-state index contributed by atoms with van der Waals surface area (Å²) in [6, 6.07) is 7.53. The van der Waals surface area contributed by atoms with Gasteiger partial charge >= 0.3 is 0 Å². The Kier molecular flexibility index (Phi) is 5.26. The maximum Gasteiger partial charge on any atom is 0.224 e. The molecule has 0 fully saturated rings. The van der Waals surface area contributed by atoms with E-state index in [1.54, 1.807) is 25.7 Å². The first kappa shape index (κ1) is 15.0. The summed E-state index contributed by atoms with van der Waals surface area (Å²) in [5, 5.41) is 2.97. The lowest BCUT2D eigenvalue weighted by molar-refractivity contribution is -0.121. The van der Waals surface area contributed by atoms with Crippen LogP contribution in [0.3, 0.4) is 0 Å². The highest BCUT2D eigenvalue weighted by atomic mass is 16.5. The monoisotopic (exact) mass is 285 g/mol. The fraction of sp³-hybridized carbons (Fsp3) is 0.312. The van der Waals surface area contributed by atoms with E-state index in [1.165, 1.54) is 0 Å². The summed E-state index contributed by atoms with van der Waals surface area (Å²) in [6.45, 7) is 1.95. The number of carbonyl (C=O) groups excluding carboxylic acids is 1. The van der Waals surface area contributed by atoms with E-state index in [2.05, 4.69) is 15.3 Å². The number of hydrogen-bond donors (Lipinski definition) is 1. The fourth-order valence-electron chi connectivity index (χ4n) is 2.15. The molecule has 0 aliphatic heterocycles. The van der Waals surface area contributed by atoms with Crippen LogP contribution < -0.4 is 10.1 Å². The van der Waals surface area contributed by atoms with Crippen LogP contribution in [0.2, 0.25) is 0 Å². The summed E-state index contributed by atoms with van der Waals surface area (Å²) in [6.07, 6.45) is 5.95. The van der Waals surface area contributed by atoms with Gasteiger partial charge in [-0.3, -0.25) is 14.8 Å². The maximum absolute atomic E-state index is 12.1. The maximum atomic E-state index is 12.1. The summed E-state index contributed by atoms with van der Waals surface area (Å²) in [4.78, 5) is 20.3. The summed E-state index contributed by atoms with van der Waals surface area (Å²) >= 11 is 0. The molecule has 21 heavy (non-hydrogen) atoms. The molecule has 0 bridgehead atoms. The summed E-state index contributed by atoms with van der Waals surface area (Å²) in [5.41, 5.74) is 1.74. The lowest BCUT2D eigenvalue weighted by atomic mass is 10.1. The number of ether oxygens (including phenoxy) is 1. The van der Waals surface area contributed by atoms with Crippen molar-refractivity contribution in [3.8, 4) is 5.75 Å². The minimum atomic E-state index is -0.0316. The molecule has 1 amide bonds. The molecular formula is C16H19N3O2. The highest BCUT2D eigenvalue weighted by molar-refractivity contribution is 5.79. The third-order valence-electron chi connectivity index (χ3n) is 3.08. The second kappa shape index (κ2) is 7.38. The largest absolute Gasteiger partial charge is 0.496 e. The zero-order valence-corrected chi connectivity index (χ0v) is 12.2. The van der Waals surface area contributed by atoms with E-state index in [4.69, 9.17) is 4.74 Å². The highest BCUT2D eigenvalue weighted by Gasteiger charge is 2.11. The van der Waals surface area contributed by atoms with E-state index in [9.17, 15) is 4.79 Å². The van der Waals surface area contributed by atoms with Gasteiger partial charge < -0.3 is 10.1 Å². The van der Waals surface area contributed by atoms with Crippen molar-refractivity contribution in [1.82, 2.24) is 15.3 Å². The van der Waals surface area contributed by atoms with Crippen LogP contribution >= 0.6 is 0 Å². The zero-order chi connectivity index (χ0) is 15.1. The van der Waals surface area contributed by atoms with E-state index in [0.717, 1.165) is 17.0 Å². The Morgan fingerprint density at radius 3 is 2.86 bits per heavy atom. The SMILES string of the molecule is COc1ccccc1CC(=O)NC(C)Cc1cnccn1. The third kappa shape index (κ3) is 4.56. The second-order valence-electron chi connectivity index (χ2n) is 4.86. The van der Waals surface area contributed by atoms with Gasteiger partial charge in [-0.15, -0.1) is 0 Å². The fourth-order valence-corrected chi connectivity index (χ4v) is 2.15. The van der Waals surface area contributed by atoms with Crippen LogP contribution in [0.25, 0.3) is 0 Å². The van der Waals surface area contributed by atoms with Crippen LogP contribution in [0.5, 0.6) is 5.75 Å². The Morgan fingerprint density at radius 2 is 2.14 bits per heavy atom. The van der Waals surface area contributed by atoms with Gasteiger partial charge in [0.05, 0.1) is 19.2 Å². The number of para-hydroxylation sites is 1. The van der Waals surface area contributed by atoms with Crippen LogP contribution in [0.15, 0.2) is 42.9 Å². The van der Waals surface area contributed by atoms with Crippen LogP contribution in [0.1, 0.15) is 18.2 Å². The summed E-state index contributed by atoms with van der Waals surface area (Å²) < 4.78 is 5.25. The third-order valence-corrected chi connectivity index (χ3v) is 3.08. The average Bonchev–Trinajstić information content (AvgIpc) is 2.48. The van der Waals surface area contributed by atoms with E-state index in [-0.39, 0.29) is 11.9 Å². The molecule has 5 heteroatoms. The van der Waals surface area contributed by atoms with Gasteiger partial charge in [0.15, 0.2) is 0 Å². The Bertz CT molecular complexity index is 587. The smallest absolute Gasteiger partial charge is 0.224 e. The molecule has 1 heterocycles. The van der Waals surface area contributed by atoms with Crippen molar-refractivity contribution in [2.24, 2.45) is 0 Å². The van der Waals surface area contributed by atoms with E-state index < -0.39 is 0 Å². The first-order chi connectivity index (χ1) is 10.2. The van der Waals surface area contributed by atoms with Crippen molar-refractivity contribution >= 4 is 5.91 Å². The van der Waals surface area contributed by atoms with Gasteiger partial charge in [0.2, 0.25) is 5.91 Å². The molecule has 0 aliphatic carbocycles. The lowest BCUT2D eigenvalue weighted by Gasteiger charge is -2.14. The van der Waals surface area contributed by atoms with Gasteiger partial charge in [-0.1, -0.05) is 18.2 Å². The molecule has 0 saturated carbocycles. The predicted octanol–water partition coefficient (Wildman–Crippen LogP) is 1.78. The zero-order valence-electron chi connectivity index (χ0n) is 12.2. The first-order valence-corrected chi connectivity index (χ1v) is 6.85. The van der Waals surface area contributed by atoms with Crippen molar-refractivity contribution in [1.29, 1.82) is 0 Å². The quantitative estimate of drug-likeness (QED) is 0.878. The van der Waals surface area contributed by atoms with Crippen molar-refractivity contribution in [2.45, 2.75) is 25.8 Å². The molecule has 0 aliphatic rings. The normalized spacial score (nSPS) is 11.7. The van der Waals surface area contributed by atoms with Gasteiger partial charge in [0.1, 0.15) is 5.75 Å². The molecule has 0 spiro atoms. The number of benzene rings is 1. The van der Waals surface area contributed by atoms with Gasteiger partial charge in [0, 0.05) is 36.6 Å². The molecule has 1 atom stereocenters. The molecule has 0 saturated heterocycles. The van der Waals surface area contributed by atoms with E-state index in [0.29, 0.717) is 12.8 Å². The van der Waals surface area contributed by atoms with Crippen LogP contribution in [0, 0.1) is 0 Å². The molecule has 2 rings (SSSR count). The Morgan fingerprint density at radius 1 is 1.33 bits per heavy atom. The number of carbonyl (C=O) groups is 1. The number of amides is 1. The van der Waals surface area contributed by atoms with Crippen LogP contribution in [-0.2, 0) is 17.6 Å². The molecule has 1 aromatic heterocycles. The van der Waals surface area contributed by atoms with E-state index >= 15 is 0 Å². The van der Waals surface area contributed by atoms with Gasteiger partial charge in [-0.2, -0.15) is 0 Å². The molecule has 2 aromatic rings. The highest BCUT2D eigenvalue weighted by Crippen LogP contribution is 2.17. The van der Waals surface area contributed by atoms with Gasteiger partial charge in [0.25, 0.3) is 0 Å². The molecule has 0 radical (unpaired) electrons. The van der Waals surface area contributed by atoms with Crippen LogP contribution in [0.4, 0.5) is 0 Å². The van der Waals surface area contributed by atoms with Crippen molar-refractivity contribution in [2.75, 3.05) is 7.11 Å². The van der Waals surface area contributed by atoms with Crippen molar-refractivity contribution in [3.05, 3.63) is 54.1 Å². The number of methoxy groups -OCH3 is 1. The van der Waals surface area contributed by atoms with E-state index in [1.807, 2.05) is 31.2 Å². The minimum absolute atomic E-state index is 0.00362. The molecular weight excluding hydrogens is 266 g/mol. The molecule has 1 N–H and O–H groups in total. The Hall–Kier alpha value is -2.43. The average molecular weight is 285 g/mol. The number of hydrogen-bond acceptors (Lipinski definition) is 4. The van der Waals surface area contributed by atoms with Gasteiger partial charge in [-0.05, 0) is 13.0 Å². The molecule has 5 nitrogen and oxygen atoms in total. The number of nitrogens with one attached hydrogen (secondary N) is 1. The molecule has 1 unspecified atom stereocenters. The van der Waals surface area contributed by atoms with Gasteiger partial charge in [-0.25, -0.2) is 0 Å². The summed E-state index contributed by atoms with van der Waals surface area (Å²) in [7, 11) is 1.60. The molecule has 110 valence electrons. The second-order valence-corrected chi connectivity index (χ2v) is 4.86. The van der Waals surface area contributed by atoms with Crippen molar-refractivity contribution < 1.29 is 9.53 Å². The number of nitrogens with zero attached hydrogens (tertiary/aromatic N) is 2. The topological polar surface area (TPSA) is 64.1 Å². The first-order valence-electron chi connectivity index (χ1n) is 6.85. The number of rotatable bonds is 6. The Balaban J connectivity index is 1.89. The molecule has 1 aromatic carbocycles. The lowest BCUT2D eigenvalue weighted by Crippen LogP contribution is -2.35. The summed E-state index contributed by atoms with van der Waals surface area (Å²) in [5.74, 6) is 0.699. The predicted molar refractivity (Wildman–Crippen MR) is 80.0 cm³/mol. The van der Waals surface area contributed by atoms with Crippen molar-refractivity contribution in [3.63, 3.8) is 0 Å². The number of aromatic nitrogens is 2.